The van der Waals surface area contributed by atoms with Crippen molar-refractivity contribution in [1.82, 2.24) is 4.98 Å². The van der Waals surface area contributed by atoms with E-state index in [1.807, 2.05) is 0 Å². The van der Waals surface area contributed by atoms with Gasteiger partial charge in [-0.15, -0.1) is 0 Å². The van der Waals surface area contributed by atoms with E-state index in [2.05, 4.69) is 9.51 Å². The summed E-state index contributed by atoms with van der Waals surface area (Å²) < 4.78 is 47.1. The number of carbonyl (C=O) groups excluding carboxylic acids is 2. The van der Waals surface area contributed by atoms with Gasteiger partial charge in [0.2, 0.25) is 0 Å². The van der Waals surface area contributed by atoms with Crippen LogP contribution in [-0.2, 0) is 18.6 Å². The highest BCUT2D eigenvalue weighted by Crippen LogP contribution is 2.37. The van der Waals surface area contributed by atoms with E-state index in [0.717, 1.165) is 10.5 Å². The van der Waals surface area contributed by atoms with Crippen LogP contribution in [0.1, 0.15) is 6.42 Å². The highest BCUT2D eigenvalue weighted by atomic mass is 31.2. The number of pyridine rings is 1. The zero-order valence-electron chi connectivity index (χ0n) is 16.4. The lowest BCUT2D eigenvalue weighted by Crippen LogP contribution is -2.33. The molecule has 0 bridgehead atoms. The SMILES string of the molecule is O=C1O[C@@H](COP(=O)(O)O)CN1c1ccc(-c2ccc(N3CCC(F)(F)C3=O)nc2)cc1. The number of rotatable bonds is 6. The molecule has 0 radical (unpaired) electrons. The smallest absolute Gasteiger partial charge is 0.441 e. The van der Waals surface area contributed by atoms with Crippen molar-refractivity contribution < 1.29 is 42.0 Å². The monoisotopic (exact) mass is 469 g/mol. The Kier molecular flexibility index (Phi) is 5.72. The second-order valence-electron chi connectivity index (χ2n) is 7.27. The number of carbonyl (C=O) groups is 2. The van der Waals surface area contributed by atoms with Crippen molar-refractivity contribution in [3.8, 4) is 11.1 Å². The van der Waals surface area contributed by atoms with E-state index in [-0.39, 0.29) is 18.9 Å². The molecule has 0 saturated carbocycles. The number of ether oxygens (including phenoxy) is 1. The topological polar surface area (TPSA) is 130 Å². The molecule has 32 heavy (non-hydrogen) atoms. The Labute approximate surface area is 180 Å². The molecule has 170 valence electrons. The van der Waals surface area contributed by atoms with Crippen LogP contribution in [0.3, 0.4) is 0 Å². The average Bonchev–Trinajstić information content (AvgIpc) is 3.25. The van der Waals surface area contributed by atoms with Crippen molar-refractivity contribution in [1.29, 1.82) is 0 Å². The van der Waals surface area contributed by atoms with Gasteiger partial charge in [-0.25, -0.2) is 14.3 Å². The first-order chi connectivity index (χ1) is 15.0. The van der Waals surface area contributed by atoms with Gasteiger partial charge in [0, 0.05) is 30.4 Å². The summed E-state index contributed by atoms with van der Waals surface area (Å²) in [4.78, 5) is 47.7. The molecular weight excluding hydrogens is 451 g/mol. The molecule has 2 N–H and O–H groups in total. The molecule has 2 aliphatic heterocycles. The van der Waals surface area contributed by atoms with E-state index in [1.165, 1.54) is 17.2 Å². The van der Waals surface area contributed by atoms with Crippen LogP contribution in [-0.4, -0.2) is 58.5 Å². The minimum Gasteiger partial charge on any atom is -0.441 e. The van der Waals surface area contributed by atoms with Crippen molar-refractivity contribution in [3.63, 3.8) is 0 Å². The number of hydrogen-bond donors (Lipinski definition) is 2. The van der Waals surface area contributed by atoms with Gasteiger partial charge in [-0.3, -0.25) is 19.1 Å². The standard InChI is InChI=1S/C19H18F2N3O7P/c20-19(21)7-8-23(17(19)25)16-6-3-13(9-22-16)12-1-4-14(5-2-12)24-10-15(31-18(24)26)11-30-32(27,28)29/h1-6,9,15H,7-8,10-11H2,(H2,27,28,29)/t15-/m1/s1. The van der Waals surface area contributed by atoms with Crippen molar-refractivity contribution in [2.45, 2.75) is 18.4 Å². The summed E-state index contributed by atoms with van der Waals surface area (Å²) >= 11 is 0. The van der Waals surface area contributed by atoms with Crippen LogP contribution < -0.4 is 9.80 Å². The maximum absolute atomic E-state index is 13.4. The molecule has 2 amide bonds. The molecule has 1 atom stereocenters. The third kappa shape index (κ3) is 4.63. The highest BCUT2D eigenvalue weighted by Gasteiger charge is 2.48. The first kappa shape index (κ1) is 22.3. The summed E-state index contributed by atoms with van der Waals surface area (Å²) in [7, 11) is -4.67. The van der Waals surface area contributed by atoms with Crippen molar-refractivity contribution >= 4 is 31.3 Å². The summed E-state index contributed by atoms with van der Waals surface area (Å²) in [6, 6.07) is 9.89. The predicted octanol–water partition coefficient (Wildman–Crippen LogP) is 2.56. The third-order valence-electron chi connectivity index (χ3n) is 5.05. The fraction of sp³-hybridized carbons (Fsp3) is 0.316. The number of benzene rings is 1. The Balaban J connectivity index is 1.42. The van der Waals surface area contributed by atoms with Gasteiger partial charge < -0.3 is 14.5 Å². The zero-order valence-corrected chi connectivity index (χ0v) is 17.3. The Morgan fingerprint density at radius 3 is 2.38 bits per heavy atom. The molecule has 2 fully saturated rings. The Bertz CT molecular complexity index is 1080. The number of phosphoric ester groups is 1. The van der Waals surface area contributed by atoms with Gasteiger partial charge >= 0.3 is 19.8 Å². The van der Waals surface area contributed by atoms with Gasteiger partial charge in [0.15, 0.2) is 0 Å². The van der Waals surface area contributed by atoms with E-state index in [1.54, 1.807) is 30.3 Å². The summed E-state index contributed by atoms with van der Waals surface area (Å²) in [5, 5.41) is 0. The van der Waals surface area contributed by atoms with Crippen LogP contribution in [0.2, 0.25) is 0 Å². The lowest BCUT2D eigenvalue weighted by Gasteiger charge is -2.16. The predicted molar refractivity (Wildman–Crippen MR) is 107 cm³/mol. The minimum atomic E-state index is -4.67. The second kappa shape index (κ2) is 8.21. The van der Waals surface area contributed by atoms with E-state index >= 15 is 0 Å². The van der Waals surface area contributed by atoms with Gasteiger partial charge in [0.25, 0.3) is 5.91 Å². The molecule has 0 spiro atoms. The summed E-state index contributed by atoms with van der Waals surface area (Å²) in [5.74, 6) is -4.48. The maximum atomic E-state index is 13.4. The molecule has 0 aliphatic carbocycles. The second-order valence-corrected chi connectivity index (χ2v) is 8.51. The number of hydrogen-bond acceptors (Lipinski definition) is 6. The summed E-state index contributed by atoms with van der Waals surface area (Å²) in [5.41, 5.74) is 1.92. The lowest BCUT2D eigenvalue weighted by molar-refractivity contribution is -0.137. The van der Waals surface area contributed by atoms with E-state index in [9.17, 15) is 22.9 Å². The van der Waals surface area contributed by atoms with Crippen LogP contribution in [0.25, 0.3) is 11.1 Å². The van der Waals surface area contributed by atoms with E-state index in [0.29, 0.717) is 11.3 Å². The van der Waals surface area contributed by atoms with Crippen molar-refractivity contribution in [2.24, 2.45) is 0 Å². The van der Waals surface area contributed by atoms with Crippen LogP contribution in [0.15, 0.2) is 42.6 Å². The number of aromatic nitrogens is 1. The molecule has 1 aromatic heterocycles. The number of alkyl halides is 2. The molecule has 4 rings (SSSR count). The molecular formula is C19H18F2N3O7P. The van der Waals surface area contributed by atoms with Gasteiger partial charge in [-0.1, -0.05) is 12.1 Å². The number of phosphoric acid groups is 1. The Morgan fingerprint density at radius 2 is 1.81 bits per heavy atom. The van der Waals surface area contributed by atoms with E-state index in [4.69, 9.17) is 14.5 Å². The van der Waals surface area contributed by atoms with Crippen LogP contribution >= 0.6 is 7.82 Å². The summed E-state index contributed by atoms with van der Waals surface area (Å²) in [6.07, 6.45) is -0.572. The number of halogens is 2. The zero-order chi connectivity index (χ0) is 23.1. The molecule has 1 aromatic carbocycles. The molecule has 2 aromatic rings. The third-order valence-corrected chi connectivity index (χ3v) is 5.53. The number of amides is 2. The molecule has 3 heterocycles. The average molecular weight is 469 g/mol. The first-order valence-electron chi connectivity index (χ1n) is 9.48. The largest absolute Gasteiger partial charge is 0.469 e. The van der Waals surface area contributed by atoms with Crippen LogP contribution in [0.4, 0.5) is 25.1 Å². The number of nitrogens with zero attached hydrogens (tertiary/aromatic N) is 3. The summed E-state index contributed by atoms with van der Waals surface area (Å²) in [6.45, 7) is -0.476. The van der Waals surface area contributed by atoms with E-state index < -0.39 is 44.9 Å². The van der Waals surface area contributed by atoms with Gasteiger partial charge in [0.1, 0.15) is 11.9 Å². The van der Waals surface area contributed by atoms with Crippen LogP contribution in [0, 0.1) is 0 Å². The lowest BCUT2D eigenvalue weighted by atomic mass is 10.1. The molecule has 0 unspecified atom stereocenters. The van der Waals surface area contributed by atoms with Gasteiger partial charge in [0.05, 0.1) is 13.2 Å². The van der Waals surface area contributed by atoms with Crippen molar-refractivity contribution in [3.05, 3.63) is 42.6 Å². The molecule has 2 aliphatic rings. The molecule has 13 heteroatoms. The molecule has 10 nitrogen and oxygen atoms in total. The Morgan fingerprint density at radius 1 is 1.12 bits per heavy atom. The highest BCUT2D eigenvalue weighted by molar-refractivity contribution is 7.46. The fourth-order valence-electron chi connectivity index (χ4n) is 3.43. The van der Waals surface area contributed by atoms with Gasteiger partial charge in [-0.05, 0) is 29.8 Å². The van der Waals surface area contributed by atoms with Crippen molar-refractivity contribution in [2.75, 3.05) is 29.5 Å². The number of cyclic esters (lactones) is 1. The molecule has 2 saturated heterocycles. The van der Waals surface area contributed by atoms with Gasteiger partial charge in [-0.2, -0.15) is 8.78 Å². The Hall–Kier alpha value is -2.92. The number of anilines is 2. The maximum Gasteiger partial charge on any atom is 0.469 e. The normalized spacial score (nSPS) is 20.7. The minimum absolute atomic E-state index is 0.0585. The van der Waals surface area contributed by atoms with Crippen LogP contribution in [0.5, 0.6) is 0 Å². The first-order valence-corrected chi connectivity index (χ1v) is 11.0. The quantitative estimate of drug-likeness (QED) is 0.618. The fourth-order valence-corrected chi connectivity index (χ4v) is 3.79.